The van der Waals surface area contributed by atoms with E-state index < -0.39 is 5.60 Å². The minimum absolute atomic E-state index is 0.210. The molecule has 168 valence electrons. The molecule has 1 aromatic rings. The molecular weight excluding hydrogens is 382 g/mol. The van der Waals surface area contributed by atoms with Gasteiger partial charge in [0.05, 0.1) is 13.7 Å². The average Bonchev–Trinajstić information content (AvgIpc) is 3.59. The van der Waals surface area contributed by atoms with Gasteiger partial charge in [-0.3, -0.25) is 4.79 Å². The zero-order valence-electron chi connectivity index (χ0n) is 18.9. The highest BCUT2D eigenvalue weighted by molar-refractivity contribution is 5.69. The third-order valence-electron chi connectivity index (χ3n) is 4.85. The number of likely N-dealkylation sites (tertiary alicyclic amines) is 1. The standard InChI is InChI=1S/C21H31NO5.C3H6/c1-21(2,3)27-20(24)22-12-10-17(11-13-22)15-26-18-7-5-6-16(14-18)8-9-19(23)25-4;1-2-3-1/h5-7,14,17H,8-13,15H2,1-4H3;1-3H2. The van der Waals surface area contributed by atoms with Gasteiger partial charge in [0, 0.05) is 19.5 Å². The Morgan fingerprint density at radius 3 is 2.33 bits per heavy atom. The van der Waals surface area contributed by atoms with E-state index in [0.29, 0.717) is 38.5 Å². The van der Waals surface area contributed by atoms with Crippen molar-refractivity contribution in [2.24, 2.45) is 5.92 Å². The van der Waals surface area contributed by atoms with Crippen LogP contribution in [0.2, 0.25) is 0 Å². The third-order valence-corrected chi connectivity index (χ3v) is 4.85. The van der Waals surface area contributed by atoms with Gasteiger partial charge in [-0.15, -0.1) is 0 Å². The summed E-state index contributed by atoms with van der Waals surface area (Å²) in [6, 6.07) is 7.82. The fraction of sp³-hybridized carbons (Fsp3) is 0.667. The first-order valence-corrected chi connectivity index (χ1v) is 11.0. The molecule has 0 unspecified atom stereocenters. The Labute approximate surface area is 180 Å². The van der Waals surface area contributed by atoms with Crippen LogP contribution in [0.5, 0.6) is 5.75 Å². The second kappa shape index (κ2) is 11.8. The number of carbonyl (C=O) groups excluding carboxylic acids is 2. The highest BCUT2D eigenvalue weighted by Crippen LogP contribution is 2.22. The topological polar surface area (TPSA) is 65.1 Å². The summed E-state index contributed by atoms with van der Waals surface area (Å²) < 4.78 is 16.0. The summed E-state index contributed by atoms with van der Waals surface area (Å²) in [5, 5.41) is 0. The van der Waals surface area contributed by atoms with Crippen molar-refractivity contribution in [1.82, 2.24) is 4.90 Å². The normalized spacial score (nSPS) is 16.2. The maximum Gasteiger partial charge on any atom is 0.410 e. The summed E-state index contributed by atoms with van der Waals surface area (Å²) in [6.07, 6.45) is 7.07. The maximum atomic E-state index is 12.1. The van der Waals surface area contributed by atoms with E-state index in [1.807, 2.05) is 45.0 Å². The number of aryl methyl sites for hydroxylation is 1. The van der Waals surface area contributed by atoms with Crippen LogP contribution in [0.3, 0.4) is 0 Å². The zero-order chi connectivity index (χ0) is 22.0. The lowest BCUT2D eigenvalue weighted by atomic mass is 9.98. The summed E-state index contributed by atoms with van der Waals surface area (Å²) in [7, 11) is 1.40. The van der Waals surface area contributed by atoms with Crippen LogP contribution >= 0.6 is 0 Å². The molecule has 0 N–H and O–H groups in total. The number of methoxy groups -OCH3 is 1. The summed E-state index contributed by atoms with van der Waals surface area (Å²) in [5.74, 6) is 1.02. The number of esters is 1. The molecule has 1 heterocycles. The van der Waals surface area contributed by atoms with E-state index in [9.17, 15) is 9.59 Å². The predicted octanol–water partition coefficient (Wildman–Crippen LogP) is 4.99. The van der Waals surface area contributed by atoms with Crippen LogP contribution in [0.25, 0.3) is 0 Å². The molecule has 1 saturated carbocycles. The van der Waals surface area contributed by atoms with Crippen molar-refractivity contribution in [1.29, 1.82) is 0 Å². The van der Waals surface area contributed by atoms with Crippen LogP contribution in [0.15, 0.2) is 24.3 Å². The van der Waals surface area contributed by atoms with Crippen molar-refractivity contribution < 1.29 is 23.8 Å². The first-order chi connectivity index (χ1) is 14.3. The number of rotatable bonds is 6. The summed E-state index contributed by atoms with van der Waals surface area (Å²) in [6.45, 7) is 7.66. The SMILES string of the molecule is C1CC1.COC(=O)CCc1cccc(OCC2CCN(C(=O)OC(C)(C)C)CC2)c1. The Morgan fingerprint density at radius 1 is 1.10 bits per heavy atom. The molecule has 2 aliphatic rings. The number of nitrogens with zero attached hydrogens (tertiary/aromatic N) is 1. The van der Waals surface area contributed by atoms with E-state index in [4.69, 9.17) is 9.47 Å². The van der Waals surface area contributed by atoms with Crippen molar-refractivity contribution in [3.8, 4) is 5.75 Å². The van der Waals surface area contributed by atoms with Gasteiger partial charge in [-0.05, 0) is 63.6 Å². The molecule has 0 radical (unpaired) electrons. The minimum Gasteiger partial charge on any atom is -0.493 e. The van der Waals surface area contributed by atoms with Crippen LogP contribution in [-0.2, 0) is 20.7 Å². The smallest absolute Gasteiger partial charge is 0.410 e. The average molecular weight is 420 g/mol. The molecule has 1 saturated heterocycles. The fourth-order valence-electron chi connectivity index (χ4n) is 2.96. The van der Waals surface area contributed by atoms with Crippen molar-refractivity contribution in [3.63, 3.8) is 0 Å². The van der Waals surface area contributed by atoms with Gasteiger partial charge in [0.15, 0.2) is 0 Å². The lowest BCUT2D eigenvalue weighted by Gasteiger charge is -2.33. The highest BCUT2D eigenvalue weighted by atomic mass is 16.6. The first kappa shape index (κ1) is 24.0. The number of amides is 1. The van der Waals surface area contributed by atoms with E-state index in [2.05, 4.69) is 4.74 Å². The molecule has 0 atom stereocenters. The zero-order valence-corrected chi connectivity index (χ0v) is 18.9. The van der Waals surface area contributed by atoms with Crippen molar-refractivity contribution in [3.05, 3.63) is 29.8 Å². The Kier molecular flexibility index (Phi) is 9.47. The number of hydrogen-bond donors (Lipinski definition) is 0. The largest absolute Gasteiger partial charge is 0.493 e. The van der Waals surface area contributed by atoms with E-state index in [1.165, 1.54) is 26.4 Å². The Hall–Kier alpha value is -2.24. The second-order valence-electron chi connectivity index (χ2n) is 9.01. The van der Waals surface area contributed by atoms with Gasteiger partial charge < -0.3 is 19.1 Å². The van der Waals surface area contributed by atoms with Gasteiger partial charge in [0.1, 0.15) is 11.4 Å². The number of piperidine rings is 1. The van der Waals surface area contributed by atoms with Gasteiger partial charge in [0.25, 0.3) is 0 Å². The number of ether oxygens (including phenoxy) is 3. The van der Waals surface area contributed by atoms with Crippen molar-refractivity contribution >= 4 is 12.1 Å². The Bertz CT molecular complexity index is 670. The van der Waals surface area contributed by atoms with Crippen LogP contribution in [0.1, 0.15) is 64.9 Å². The van der Waals surface area contributed by atoms with Gasteiger partial charge in [-0.25, -0.2) is 4.79 Å². The quantitative estimate of drug-likeness (QED) is 0.608. The molecule has 1 amide bonds. The van der Waals surface area contributed by atoms with Gasteiger partial charge in [0.2, 0.25) is 0 Å². The number of benzene rings is 1. The van der Waals surface area contributed by atoms with E-state index in [0.717, 1.165) is 24.2 Å². The fourth-order valence-corrected chi connectivity index (χ4v) is 2.96. The molecule has 2 fully saturated rings. The molecule has 30 heavy (non-hydrogen) atoms. The van der Waals surface area contributed by atoms with Gasteiger partial charge in [-0.2, -0.15) is 0 Å². The van der Waals surface area contributed by atoms with Gasteiger partial charge >= 0.3 is 12.1 Å². The molecule has 6 nitrogen and oxygen atoms in total. The summed E-state index contributed by atoms with van der Waals surface area (Å²) in [4.78, 5) is 25.1. The van der Waals surface area contributed by atoms with Gasteiger partial charge in [-0.1, -0.05) is 31.4 Å². The van der Waals surface area contributed by atoms with Crippen LogP contribution < -0.4 is 4.74 Å². The number of hydrogen-bond acceptors (Lipinski definition) is 5. The van der Waals surface area contributed by atoms with E-state index in [1.54, 1.807) is 4.90 Å². The molecule has 6 heteroatoms. The van der Waals surface area contributed by atoms with Crippen LogP contribution in [0.4, 0.5) is 4.79 Å². The minimum atomic E-state index is -0.462. The highest BCUT2D eigenvalue weighted by Gasteiger charge is 2.27. The molecule has 0 spiro atoms. The van der Waals surface area contributed by atoms with E-state index in [-0.39, 0.29) is 12.1 Å². The second-order valence-corrected chi connectivity index (χ2v) is 9.01. The monoisotopic (exact) mass is 419 g/mol. The van der Waals surface area contributed by atoms with Crippen molar-refractivity contribution in [2.45, 2.75) is 71.3 Å². The number of carbonyl (C=O) groups is 2. The molecular formula is C24H37NO5. The molecule has 1 aliphatic heterocycles. The Morgan fingerprint density at radius 2 is 1.77 bits per heavy atom. The summed E-state index contributed by atoms with van der Waals surface area (Å²) in [5.41, 5.74) is 0.591. The summed E-state index contributed by atoms with van der Waals surface area (Å²) >= 11 is 0. The first-order valence-electron chi connectivity index (χ1n) is 11.0. The molecule has 1 aliphatic carbocycles. The lowest BCUT2D eigenvalue weighted by molar-refractivity contribution is -0.140. The van der Waals surface area contributed by atoms with Crippen LogP contribution in [0, 0.1) is 5.92 Å². The van der Waals surface area contributed by atoms with Crippen molar-refractivity contribution in [2.75, 3.05) is 26.8 Å². The molecule has 3 rings (SSSR count). The Balaban J connectivity index is 0.000000976. The third kappa shape index (κ3) is 9.99. The molecule has 1 aromatic carbocycles. The maximum absolute atomic E-state index is 12.1. The lowest BCUT2D eigenvalue weighted by Crippen LogP contribution is -2.42. The predicted molar refractivity (Wildman–Crippen MR) is 117 cm³/mol. The van der Waals surface area contributed by atoms with Crippen LogP contribution in [-0.4, -0.2) is 49.4 Å². The molecule has 0 bridgehead atoms. The molecule has 0 aromatic heterocycles. The van der Waals surface area contributed by atoms with E-state index >= 15 is 0 Å².